The van der Waals surface area contributed by atoms with Crippen LogP contribution in [-0.2, 0) is 5.75 Å². The molecule has 0 aliphatic rings. The van der Waals surface area contributed by atoms with Gasteiger partial charge in [0, 0.05) is 12.2 Å². The number of rotatable bonds is 6. The molecule has 3 N–H and O–H groups in total. The second kappa shape index (κ2) is 6.94. The van der Waals surface area contributed by atoms with Crippen LogP contribution in [0.5, 0.6) is 0 Å². The third kappa shape index (κ3) is 3.88. The number of benzene rings is 1. The van der Waals surface area contributed by atoms with Crippen LogP contribution in [0.3, 0.4) is 0 Å². The maximum atomic E-state index is 12.9. The molecular formula is C15H19FN5S2+. The Balaban J connectivity index is 1.73. The van der Waals surface area contributed by atoms with Crippen LogP contribution >= 0.6 is 23.1 Å². The molecule has 2 heterocycles. The normalized spacial score (nSPS) is 13.1. The Morgan fingerprint density at radius 3 is 2.70 bits per heavy atom. The molecule has 23 heavy (non-hydrogen) atoms. The second-order valence-electron chi connectivity index (χ2n) is 5.86. The smallest absolute Gasteiger partial charge is 0.235 e. The van der Waals surface area contributed by atoms with Gasteiger partial charge in [0.15, 0.2) is 4.34 Å². The Morgan fingerprint density at radius 2 is 2.00 bits per heavy atom. The summed E-state index contributed by atoms with van der Waals surface area (Å²) in [7, 11) is 0. The summed E-state index contributed by atoms with van der Waals surface area (Å²) in [6.45, 7) is 4.34. The highest BCUT2D eigenvalue weighted by Gasteiger charge is 2.21. The maximum absolute atomic E-state index is 12.9. The number of hydrogen-bond acceptors (Lipinski definition) is 5. The highest BCUT2D eigenvalue weighted by molar-refractivity contribution is 8.00. The maximum Gasteiger partial charge on any atom is 0.235 e. The van der Waals surface area contributed by atoms with Crippen molar-refractivity contribution in [2.45, 2.75) is 36.4 Å². The van der Waals surface area contributed by atoms with Crippen LogP contribution in [0.25, 0.3) is 4.96 Å². The lowest BCUT2D eigenvalue weighted by molar-refractivity contribution is -0.432. The Labute approximate surface area is 142 Å². The molecule has 0 spiro atoms. The van der Waals surface area contributed by atoms with Gasteiger partial charge in [0.2, 0.25) is 10.8 Å². The second-order valence-corrected chi connectivity index (χ2v) is 8.04. The largest absolute Gasteiger partial charge is 0.349 e. The lowest BCUT2D eigenvalue weighted by Gasteiger charge is -2.07. The van der Waals surface area contributed by atoms with Gasteiger partial charge in [-0.3, -0.25) is 0 Å². The van der Waals surface area contributed by atoms with Crippen molar-refractivity contribution in [3.63, 3.8) is 0 Å². The third-order valence-electron chi connectivity index (χ3n) is 3.39. The van der Waals surface area contributed by atoms with E-state index >= 15 is 0 Å². The van der Waals surface area contributed by atoms with Gasteiger partial charge >= 0.3 is 0 Å². The summed E-state index contributed by atoms with van der Waals surface area (Å²) in [6.07, 6.45) is 0.955. The molecule has 5 nitrogen and oxygen atoms in total. The number of fused-ring (bicyclic) bond motifs is 1. The fourth-order valence-corrected chi connectivity index (χ4v) is 4.17. The van der Waals surface area contributed by atoms with E-state index in [1.165, 1.54) is 23.5 Å². The Morgan fingerprint density at radius 1 is 1.26 bits per heavy atom. The summed E-state index contributed by atoms with van der Waals surface area (Å²) in [5.74, 6) is 1.91. The lowest BCUT2D eigenvalue weighted by atomic mass is 10.0. The van der Waals surface area contributed by atoms with Gasteiger partial charge in [-0.2, -0.15) is 4.52 Å². The first-order valence-corrected chi connectivity index (χ1v) is 9.25. The minimum atomic E-state index is -0.214. The molecule has 0 aliphatic heterocycles. The van der Waals surface area contributed by atoms with Crippen molar-refractivity contribution in [1.29, 1.82) is 0 Å². The van der Waals surface area contributed by atoms with E-state index in [-0.39, 0.29) is 11.9 Å². The van der Waals surface area contributed by atoms with Crippen molar-refractivity contribution >= 4 is 28.1 Å². The lowest BCUT2D eigenvalue weighted by Crippen LogP contribution is -2.54. The molecule has 1 aromatic carbocycles. The summed E-state index contributed by atoms with van der Waals surface area (Å²) < 4.78 is 15.6. The van der Waals surface area contributed by atoms with Gasteiger partial charge in [-0.05, 0) is 23.6 Å². The highest BCUT2D eigenvalue weighted by Crippen LogP contribution is 2.28. The molecule has 1 atom stereocenters. The fourth-order valence-electron chi connectivity index (χ4n) is 2.33. The van der Waals surface area contributed by atoms with Crippen molar-refractivity contribution in [3.8, 4) is 0 Å². The molecule has 0 saturated heterocycles. The first kappa shape index (κ1) is 16.4. The van der Waals surface area contributed by atoms with E-state index < -0.39 is 0 Å². The van der Waals surface area contributed by atoms with Gasteiger partial charge in [-0.25, -0.2) is 4.39 Å². The SMILES string of the molecule is CC(C)C[C@H]([NH3+])c1nnc2sc(SCc3ccc(F)cc3)nn12. The summed E-state index contributed by atoms with van der Waals surface area (Å²) in [4.78, 5) is 0.791. The molecule has 0 aliphatic carbocycles. The van der Waals surface area contributed by atoms with Crippen molar-refractivity contribution in [3.05, 3.63) is 41.5 Å². The van der Waals surface area contributed by atoms with Gasteiger partial charge in [0.05, 0.1) is 0 Å². The number of aromatic nitrogens is 4. The topological polar surface area (TPSA) is 70.7 Å². The van der Waals surface area contributed by atoms with Gasteiger partial charge in [-0.15, -0.1) is 15.3 Å². The molecule has 0 saturated carbocycles. The number of hydrogen-bond donors (Lipinski definition) is 1. The van der Waals surface area contributed by atoms with Crippen LogP contribution in [-0.4, -0.2) is 19.8 Å². The van der Waals surface area contributed by atoms with Crippen LogP contribution in [0.1, 0.15) is 37.7 Å². The molecule has 0 unspecified atom stereocenters. The minimum Gasteiger partial charge on any atom is -0.349 e. The molecule has 3 aromatic rings. The zero-order chi connectivity index (χ0) is 16.4. The molecule has 0 bridgehead atoms. The third-order valence-corrected chi connectivity index (χ3v) is 5.50. The molecular weight excluding hydrogens is 333 g/mol. The minimum absolute atomic E-state index is 0.0852. The van der Waals surface area contributed by atoms with E-state index in [0.717, 1.165) is 32.9 Å². The van der Waals surface area contributed by atoms with Gasteiger partial charge in [-0.1, -0.05) is 49.1 Å². The van der Waals surface area contributed by atoms with E-state index in [4.69, 9.17) is 0 Å². The molecule has 8 heteroatoms. The summed E-state index contributed by atoms with van der Waals surface area (Å²) in [6, 6.07) is 6.63. The van der Waals surface area contributed by atoms with Gasteiger partial charge in [0.1, 0.15) is 11.9 Å². The summed E-state index contributed by atoms with van der Waals surface area (Å²) in [5.41, 5.74) is 5.25. The number of thioether (sulfide) groups is 1. The quantitative estimate of drug-likeness (QED) is 0.693. The van der Waals surface area contributed by atoms with Crippen LogP contribution < -0.4 is 5.73 Å². The van der Waals surface area contributed by atoms with Gasteiger partial charge < -0.3 is 5.73 Å². The van der Waals surface area contributed by atoms with Crippen LogP contribution in [0.4, 0.5) is 4.39 Å². The predicted molar refractivity (Wildman–Crippen MR) is 89.7 cm³/mol. The average Bonchev–Trinajstić information content (AvgIpc) is 3.05. The van der Waals surface area contributed by atoms with Crippen molar-refractivity contribution in [2.24, 2.45) is 5.92 Å². The summed E-state index contributed by atoms with van der Waals surface area (Å²) in [5, 5.41) is 13.0. The zero-order valence-electron chi connectivity index (χ0n) is 13.1. The molecule has 122 valence electrons. The molecule has 0 amide bonds. The zero-order valence-corrected chi connectivity index (χ0v) is 14.7. The number of nitrogens with zero attached hydrogens (tertiary/aromatic N) is 4. The standard InChI is InChI=1S/C15H18FN5S2/c1-9(2)7-12(17)13-18-19-14-21(13)20-15(23-14)22-8-10-3-5-11(16)6-4-10/h3-6,9,12H,7-8,17H2,1-2H3/p+1/t12-/m0/s1. The molecule has 2 aromatic heterocycles. The van der Waals surface area contributed by atoms with Crippen LogP contribution in [0, 0.1) is 11.7 Å². The monoisotopic (exact) mass is 352 g/mol. The molecule has 0 radical (unpaired) electrons. The Bertz CT molecular complexity index is 781. The molecule has 3 rings (SSSR count). The van der Waals surface area contributed by atoms with Gasteiger partial charge in [0.25, 0.3) is 0 Å². The van der Waals surface area contributed by atoms with E-state index in [1.807, 2.05) is 0 Å². The first-order valence-electron chi connectivity index (χ1n) is 7.45. The highest BCUT2D eigenvalue weighted by atomic mass is 32.2. The van der Waals surface area contributed by atoms with E-state index in [9.17, 15) is 4.39 Å². The van der Waals surface area contributed by atoms with Crippen LogP contribution in [0.15, 0.2) is 28.6 Å². The van der Waals surface area contributed by atoms with Crippen molar-refractivity contribution in [1.82, 2.24) is 19.8 Å². The van der Waals surface area contributed by atoms with E-state index in [2.05, 4.69) is 34.9 Å². The van der Waals surface area contributed by atoms with E-state index in [0.29, 0.717) is 5.92 Å². The van der Waals surface area contributed by atoms with Crippen molar-refractivity contribution < 1.29 is 10.1 Å². The predicted octanol–water partition coefficient (Wildman–Crippen LogP) is 2.95. The van der Waals surface area contributed by atoms with Crippen LogP contribution in [0.2, 0.25) is 0 Å². The molecule has 0 fully saturated rings. The Hall–Kier alpha value is -1.51. The summed E-state index contributed by atoms with van der Waals surface area (Å²) >= 11 is 3.14. The number of halogens is 1. The number of quaternary nitrogens is 1. The average molecular weight is 352 g/mol. The Kier molecular flexibility index (Phi) is 4.93. The van der Waals surface area contributed by atoms with E-state index in [1.54, 1.807) is 28.4 Å². The fraction of sp³-hybridized carbons (Fsp3) is 0.400. The first-order chi connectivity index (χ1) is 11.0. The van der Waals surface area contributed by atoms with Crippen molar-refractivity contribution in [2.75, 3.05) is 0 Å².